The maximum Gasteiger partial charge on any atom is 0.215 e. The van der Waals surface area contributed by atoms with Crippen LogP contribution in [0.4, 0.5) is 11.4 Å². The highest BCUT2D eigenvalue weighted by atomic mass is 16.3. The second kappa shape index (κ2) is 22.3. The molecule has 3 aromatic rings. The minimum absolute atomic E-state index is 0.0853. The van der Waals surface area contributed by atoms with E-state index in [4.69, 9.17) is 16.8 Å². The van der Waals surface area contributed by atoms with Crippen LogP contribution in [0.15, 0.2) is 145 Å². The molecular weight excluding hydrogens is 554 g/mol. The molecule has 0 radical (unpaired) electrons. The molecule has 1 aliphatic heterocycles. The van der Waals surface area contributed by atoms with Gasteiger partial charge in [-0.15, -0.1) is 0 Å². The van der Waals surface area contributed by atoms with Crippen molar-refractivity contribution in [2.45, 2.75) is 47.0 Å². The smallest absolute Gasteiger partial charge is 0.215 e. The van der Waals surface area contributed by atoms with Crippen molar-refractivity contribution < 1.29 is 5.11 Å². The largest absolute Gasteiger partial charge is 0.493 e. The molecule has 6 heteroatoms. The van der Waals surface area contributed by atoms with Crippen LogP contribution in [0.25, 0.3) is 0 Å². The third-order valence-electron chi connectivity index (χ3n) is 6.70. The molecule has 0 spiro atoms. The zero-order valence-electron chi connectivity index (χ0n) is 27.2. The second-order valence-electron chi connectivity index (χ2n) is 10.3. The second-order valence-corrected chi connectivity index (χ2v) is 10.3. The molecule has 236 valence electrons. The molecule has 1 heterocycles. The number of benzene rings is 2. The summed E-state index contributed by atoms with van der Waals surface area (Å²) in [5, 5.41) is 13.8. The van der Waals surface area contributed by atoms with E-state index in [9.17, 15) is 5.11 Å². The number of aliphatic hydroxyl groups excluding tert-OH is 1. The number of nitrogens with one attached hydrogen (secondary N) is 3. The molecule has 0 amide bonds. The van der Waals surface area contributed by atoms with Crippen LogP contribution in [-0.2, 0) is 0 Å². The Balaban J connectivity index is 0.000000373. The van der Waals surface area contributed by atoms with Crippen molar-refractivity contribution in [3.05, 3.63) is 168 Å². The average molecular weight is 604 g/mol. The van der Waals surface area contributed by atoms with Crippen LogP contribution in [0.5, 0.6) is 0 Å². The molecule has 6 N–H and O–H groups in total. The van der Waals surface area contributed by atoms with Gasteiger partial charge in [-0.1, -0.05) is 97.6 Å². The Morgan fingerprint density at radius 3 is 2.27 bits per heavy atom. The monoisotopic (exact) mass is 603 g/mol. The van der Waals surface area contributed by atoms with Crippen LogP contribution in [0.3, 0.4) is 0 Å². The van der Waals surface area contributed by atoms with Gasteiger partial charge in [0.1, 0.15) is 0 Å². The molecule has 0 aliphatic carbocycles. The fourth-order valence-electron chi connectivity index (χ4n) is 4.13. The molecule has 0 atom stereocenters. The molecule has 4 rings (SSSR count). The van der Waals surface area contributed by atoms with E-state index in [-0.39, 0.29) is 5.88 Å². The first-order chi connectivity index (χ1) is 21.7. The van der Waals surface area contributed by atoms with E-state index in [0.29, 0.717) is 12.2 Å². The van der Waals surface area contributed by atoms with E-state index in [2.05, 4.69) is 61.8 Å². The highest BCUT2D eigenvalue weighted by Crippen LogP contribution is 2.24. The molecular formula is C39H49N5O. The summed E-state index contributed by atoms with van der Waals surface area (Å²) in [7, 11) is 0. The van der Waals surface area contributed by atoms with Gasteiger partial charge < -0.3 is 21.1 Å². The Labute approximate surface area is 271 Å². The highest BCUT2D eigenvalue weighted by Gasteiger charge is 2.14. The number of hydrogen-bond acceptors (Lipinski definition) is 6. The molecule has 0 saturated carbocycles. The van der Waals surface area contributed by atoms with Crippen LogP contribution < -0.4 is 16.0 Å². The minimum atomic E-state index is 0.0853. The van der Waals surface area contributed by atoms with E-state index < -0.39 is 0 Å². The number of rotatable bonds is 5. The van der Waals surface area contributed by atoms with Crippen molar-refractivity contribution in [2.75, 3.05) is 23.3 Å². The summed E-state index contributed by atoms with van der Waals surface area (Å²) in [6, 6.07) is 29.8. The molecule has 0 saturated heterocycles. The Morgan fingerprint density at radius 2 is 1.69 bits per heavy atom. The first-order valence-electron chi connectivity index (χ1n) is 15.0. The van der Waals surface area contributed by atoms with E-state index in [1.165, 1.54) is 11.1 Å². The lowest BCUT2D eigenvalue weighted by Crippen LogP contribution is -2.26. The van der Waals surface area contributed by atoms with Crippen molar-refractivity contribution in [3.63, 3.8) is 0 Å². The number of nitrogens with two attached hydrogens (primary N) is 1. The number of allylic oxidation sites excluding steroid dienone is 6. The van der Waals surface area contributed by atoms with Crippen molar-refractivity contribution in [3.8, 4) is 0 Å². The molecule has 0 unspecified atom stereocenters. The van der Waals surface area contributed by atoms with Gasteiger partial charge in [0.25, 0.3) is 0 Å². The fourth-order valence-corrected chi connectivity index (χ4v) is 4.13. The lowest BCUT2D eigenvalue weighted by Gasteiger charge is -2.25. The summed E-state index contributed by atoms with van der Waals surface area (Å²) in [6.45, 7) is 17.8. The first kappa shape index (κ1) is 37.7. The zero-order valence-corrected chi connectivity index (χ0v) is 27.2. The normalized spacial score (nSPS) is 15.9. The standard InChI is InChI=1S/C19H24N2O.C13H15N.C7H8.H2N2/c1-14-7-6-9-17(13-14)21-12-5-4-8-15(2)16(3)10-11-18(20)19(21)22;1-3-8-12(4-2)11-14-13-9-6-5-7-10-13;1-7-5-3-2-4-6-7;1-2/h6-7,9-11,13,22H,2-5,8,12,20H2,1H3;3-4,6,8-10,14H,11H2,1-2H3;2-6H,1H3;1-2H/b11-10-,19-18-;8-3-,12-4+;;. The molecule has 6 nitrogen and oxygen atoms in total. The van der Waals surface area contributed by atoms with Gasteiger partial charge in [-0.25, -0.2) is 11.1 Å². The Hall–Kier alpha value is -5.28. The summed E-state index contributed by atoms with van der Waals surface area (Å²) in [6.07, 6.45) is 12.6. The molecule has 1 aliphatic rings. The third kappa shape index (κ3) is 15.1. The van der Waals surface area contributed by atoms with Gasteiger partial charge in [-0.2, -0.15) is 0 Å². The van der Waals surface area contributed by atoms with Gasteiger partial charge >= 0.3 is 0 Å². The quantitative estimate of drug-likeness (QED) is 0.148. The van der Waals surface area contributed by atoms with Crippen molar-refractivity contribution in [2.24, 2.45) is 5.73 Å². The van der Waals surface area contributed by atoms with Crippen LogP contribution in [-0.4, -0.2) is 18.2 Å². The topological polar surface area (TPSA) is 109 Å². The molecule has 45 heavy (non-hydrogen) atoms. The van der Waals surface area contributed by atoms with Crippen molar-refractivity contribution in [1.29, 1.82) is 11.1 Å². The maximum absolute atomic E-state index is 10.5. The summed E-state index contributed by atoms with van der Waals surface area (Å²) in [5.41, 5.74) is 24.0. The summed E-state index contributed by atoms with van der Waals surface area (Å²) in [5.74, 6) is 0.0853. The fraction of sp³-hybridized carbons (Fsp3) is 0.231. The number of aliphatic hydroxyl groups is 1. The van der Waals surface area contributed by atoms with Crippen molar-refractivity contribution in [1.82, 2.24) is 0 Å². The Morgan fingerprint density at radius 1 is 0.978 bits per heavy atom. The predicted octanol–water partition coefficient (Wildman–Crippen LogP) is 10.2. The van der Waals surface area contributed by atoms with Crippen LogP contribution in [0.1, 0.15) is 44.2 Å². The molecule has 3 aromatic carbocycles. The third-order valence-corrected chi connectivity index (χ3v) is 6.70. The SMILES string of the molecule is C/C=C\C(=C/C)CNc1cc#ccc1.C=C1/C=C\C(N)=C(\O)N(c2cccc(C)c2)CCCCC1=C.Cc1ccccc1.N=N. The number of anilines is 2. The van der Waals surface area contributed by atoms with Gasteiger partial charge in [0.2, 0.25) is 5.88 Å². The first-order valence-corrected chi connectivity index (χ1v) is 15.0. The zero-order chi connectivity index (χ0) is 33.5. The average Bonchev–Trinajstić information content (AvgIpc) is 3.08. The maximum atomic E-state index is 10.5. The lowest BCUT2D eigenvalue weighted by atomic mass is 10.0. The van der Waals surface area contributed by atoms with E-state index in [1.807, 2.05) is 98.5 Å². The van der Waals surface area contributed by atoms with Gasteiger partial charge in [-0.05, 0) is 99.6 Å². The number of hydrogen-bond donors (Lipinski definition) is 5. The van der Waals surface area contributed by atoms with Gasteiger partial charge in [0, 0.05) is 30.5 Å². The van der Waals surface area contributed by atoms with E-state index in [1.54, 1.807) is 6.08 Å². The summed E-state index contributed by atoms with van der Waals surface area (Å²) in [4.78, 5) is 1.86. The number of nitrogens with zero attached hydrogens (tertiary/aromatic N) is 1. The Kier molecular flexibility index (Phi) is 18.7. The van der Waals surface area contributed by atoms with Crippen molar-refractivity contribution >= 4 is 11.4 Å². The molecule has 0 aromatic heterocycles. The highest BCUT2D eigenvalue weighted by molar-refractivity contribution is 5.54. The van der Waals surface area contributed by atoms with Gasteiger partial charge in [0.15, 0.2) is 0 Å². The molecule has 0 fully saturated rings. The van der Waals surface area contributed by atoms with Crippen LogP contribution in [0.2, 0.25) is 0 Å². The predicted molar refractivity (Wildman–Crippen MR) is 191 cm³/mol. The van der Waals surface area contributed by atoms with Gasteiger partial charge in [-0.3, -0.25) is 0 Å². The summed E-state index contributed by atoms with van der Waals surface area (Å²) < 4.78 is 0. The van der Waals surface area contributed by atoms with Crippen LogP contribution >= 0.6 is 0 Å². The van der Waals surface area contributed by atoms with E-state index in [0.717, 1.165) is 53.9 Å². The van der Waals surface area contributed by atoms with Gasteiger partial charge in [0.05, 0.1) is 5.70 Å². The number of aryl methyl sites for hydroxylation is 2. The Bertz CT molecular complexity index is 1420. The van der Waals surface area contributed by atoms with Crippen LogP contribution in [0, 0.1) is 37.0 Å². The summed E-state index contributed by atoms with van der Waals surface area (Å²) >= 11 is 0. The van der Waals surface area contributed by atoms with E-state index >= 15 is 0 Å². The minimum Gasteiger partial charge on any atom is -0.493 e. The lowest BCUT2D eigenvalue weighted by molar-refractivity contribution is 0.382. The molecule has 0 bridgehead atoms.